The molecule has 0 radical (unpaired) electrons. The highest BCUT2D eigenvalue weighted by atomic mass is 79.9. The van der Waals surface area contributed by atoms with Gasteiger partial charge in [-0.05, 0) is 58.8 Å². The van der Waals surface area contributed by atoms with Crippen LogP contribution < -0.4 is 5.32 Å². The second-order valence-corrected chi connectivity index (χ2v) is 6.33. The van der Waals surface area contributed by atoms with Crippen LogP contribution in [0.4, 0.5) is 0 Å². The number of pyridine rings is 1. The van der Waals surface area contributed by atoms with Crippen LogP contribution in [-0.2, 0) is 6.42 Å². The first-order valence-electron chi connectivity index (χ1n) is 5.79. The smallest absolute Gasteiger partial charge is 0.0410 e. The summed E-state index contributed by atoms with van der Waals surface area (Å²) in [4.78, 5) is 4.21. The lowest BCUT2D eigenvalue weighted by atomic mass is 9.98. The van der Waals surface area contributed by atoms with Crippen LogP contribution in [0, 0.1) is 11.3 Å². The maximum absolute atomic E-state index is 4.21. The molecule has 1 aromatic rings. The van der Waals surface area contributed by atoms with Gasteiger partial charge in [0, 0.05) is 22.9 Å². The van der Waals surface area contributed by atoms with Crippen molar-refractivity contribution in [2.75, 3.05) is 7.05 Å². The van der Waals surface area contributed by atoms with Gasteiger partial charge in [-0.3, -0.25) is 4.98 Å². The van der Waals surface area contributed by atoms with Crippen molar-refractivity contribution >= 4 is 15.9 Å². The molecule has 0 aliphatic heterocycles. The maximum Gasteiger partial charge on any atom is 0.0410 e. The lowest BCUT2D eigenvalue weighted by Gasteiger charge is -2.18. The van der Waals surface area contributed by atoms with Gasteiger partial charge >= 0.3 is 0 Å². The van der Waals surface area contributed by atoms with Crippen LogP contribution in [0.3, 0.4) is 0 Å². The van der Waals surface area contributed by atoms with Gasteiger partial charge < -0.3 is 5.32 Å². The molecular weight excluding hydrogens is 264 g/mol. The van der Waals surface area contributed by atoms with Gasteiger partial charge in [0.1, 0.15) is 0 Å². The van der Waals surface area contributed by atoms with Gasteiger partial charge in [0.2, 0.25) is 0 Å². The predicted molar refractivity (Wildman–Crippen MR) is 70.4 cm³/mol. The number of nitrogens with zero attached hydrogens (tertiary/aromatic N) is 1. The fourth-order valence-corrected chi connectivity index (χ4v) is 2.87. The third kappa shape index (κ3) is 2.64. The van der Waals surface area contributed by atoms with Gasteiger partial charge in [0.25, 0.3) is 0 Å². The van der Waals surface area contributed by atoms with Crippen molar-refractivity contribution in [3.05, 3.63) is 28.5 Å². The molecule has 3 heteroatoms. The normalized spacial score (nSPS) is 24.1. The van der Waals surface area contributed by atoms with Crippen LogP contribution in [0.15, 0.2) is 22.9 Å². The largest absolute Gasteiger partial charge is 0.316 e. The molecule has 2 atom stereocenters. The molecule has 0 spiro atoms. The number of aromatic nitrogens is 1. The molecule has 1 aliphatic rings. The second kappa shape index (κ2) is 4.46. The third-order valence-corrected chi connectivity index (χ3v) is 4.10. The summed E-state index contributed by atoms with van der Waals surface area (Å²) >= 11 is 3.47. The van der Waals surface area contributed by atoms with Crippen molar-refractivity contribution in [2.24, 2.45) is 11.3 Å². The highest BCUT2D eigenvalue weighted by Gasteiger charge is 2.49. The first kappa shape index (κ1) is 12.1. The summed E-state index contributed by atoms with van der Waals surface area (Å²) in [5, 5.41) is 3.44. The lowest BCUT2D eigenvalue weighted by Crippen LogP contribution is -2.31. The Bertz CT molecular complexity index is 376. The van der Waals surface area contributed by atoms with E-state index in [1.165, 1.54) is 12.0 Å². The third-order valence-electron chi connectivity index (χ3n) is 3.66. The number of rotatable bonds is 4. The Hall–Kier alpha value is -0.410. The summed E-state index contributed by atoms with van der Waals surface area (Å²) in [6.45, 7) is 4.70. The summed E-state index contributed by atoms with van der Waals surface area (Å²) in [5.74, 6) is 0.802. The molecule has 0 saturated heterocycles. The fraction of sp³-hybridized carbons (Fsp3) is 0.615. The first-order chi connectivity index (χ1) is 7.53. The molecule has 1 fully saturated rings. The van der Waals surface area contributed by atoms with Crippen molar-refractivity contribution in [3.8, 4) is 0 Å². The Labute approximate surface area is 106 Å². The minimum absolute atomic E-state index is 0.521. The van der Waals surface area contributed by atoms with E-state index in [0.29, 0.717) is 11.5 Å². The Morgan fingerprint density at radius 1 is 1.56 bits per heavy atom. The second-order valence-electron chi connectivity index (χ2n) is 5.41. The van der Waals surface area contributed by atoms with Crippen molar-refractivity contribution in [1.82, 2.24) is 10.3 Å². The Kier molecular flexibility index (Phi) is 3.36. The van der Waals surface area contributed by atoms with Gasteiger partial charge in [0.15, 0.2) is 0 Å². The number of halogens is 1. The Morgan fingerprint density at radius 3 is 2.75 bits per heavy atom. The van der Waals surface area contributed by atoms with Crippen molar-refractivity contribution in [3.63, 3.8) is 0 Å². The first-order valence-corrected chi connectivity index (χ1v) is 6.59. The number of nitrogens with one attached hydrogen (secondary N) is 1. The number of hydrogen-bond donors (Lipinski definition) is 1. The fourth-order valence-electron chi connectivity index (χ4n) is 2.46. The average molecular weight is 283 g/mol. The van der Waals surface area contributed by atoms with E-state index in [-0.39, 0.29) is 0 Å². The molecular formula is C13H19BrN2. The zero-order valence-corrected chi connectivity index (χ0v) is 11.7. The minimum atomic E-state index is 0.521. The van der Waals surface area contributed by atoms with E-state index >= 15 is 0 Å². The zero-order valence-electron chi connectivity index (χ0n) is 10.1. The standard InChI is InChI=1S/C13H19BrN2/c1-13(2)6-11(13)12(15-3)5-9-4-10(14)8-16-7-9/h4,7-8,11-12,15H,5-6H2,1-3H3. The molecule has 0 bridgehead atoms. The van der Waals surface area contributed by atoms with Gasteiger partial charge in [-0.15, -0.1) is 0 Å². The summed E-state index contributed by atoms with van der Waals surface area (Å²) in [5.41, 5.74) is 1.82. The van der Waals surface area contributed by atoms with E-state index < -0.39 is 0 Å². The van der Waals surface area contributed by atoms with Crippen LogP contribution in [0.1, 0.15) is 25.8 Å². The van der Waals surface area contributed by atoms with Gasteiger partial charge in [-0.2, -0.15) is 0 Å². The molecule has 1 aliphatic carbocycles. The van der Waals surface area contributed by atoms with Crippen LogP contribution >= 0.6 is 15.9 Å². The molecule has 88 valence electrons. The van der Waals surface area contributed by atoms with E-state index in [0.717, 1.165) is 16.8 Å². The highest BCUT2D eigenvalue weighted by molar-refractivity contribution is 9.10. The Balaban J connectivity index is 2.03. The molecule has 1 N–H and O–H groups in total. The molecule has 2 unspecified atom stereocenters. The molecule has 2 rings (SSSR count). The summed E-state index contributed by atoms with van der Waals surface area (Å²) in [6, 6.07) is 2.73. The molecule has 1 heterocycles. The van der Waals surface area contributed by atoms with Crippen LogP contribution in [0.5, 0.6) is 0 Å². The van der Waals surface area contributed by atoms with E-state index in [1.54, 1.807) is 0 Å². The molecule has 2 nitrogen and oxygen atoms in total. The van der Waals surface area contributed by atoms with Gasteiger partial charge in [0.05, 0.1) is 0 Å². The van der Waals surface area contributed by atoms with Gasteiger partial charge in [-0.25, -0.2) is 0 Å². The van der Waals surface area contributed by atoms with Crippen LogP contribution in [0.25, 0.3) is 0 Å². The van der Waals surface area contributed by atoms with E-state index in [1.807, 2.05) is 12.4 Å². The average Bonchev–Trinajstić information content (AvgIpc) is 2.84. The van der Waals surface area contributed by atoms with E-state index in [4.69, 9.17) is 0 Å². The SMILES string of the molecule is CNC(Cc1cncc(Br)c1)C1CC1(C)C. The van der Waals surface area contributed by atoms with Crippen molar-refractivity contribution < 1.29 is 0 Å². The quantitative estimate of drug-likeness (QED) is 0.918. The molecule has 16 heavy (non-hydrogen) atoms. The zero-order chi connectivity index (χ0) is 11.8. The predicted octanol–water partition coefficient (Wildman–Crippen LogP) is 3.02. The molecule has 1 aromatic heterocycles. The van der Waals surface area contributed by atoms with Crippen molar-refractivity contribution in [1.29, 1.82) is 0 Å². The van der Waals surface area contributed by atoms with Crippen LogP contribution in [-0.4, -0.2) is 18.1 Å². The van der Waals surface area contributed by atoms with Gasteiger partial charge in [-0.1, -0.05) is 13.8 Å². The maximum atomic E-state index is 4.21. The Morgan fingerprint density at radius 2 is 2.25 bits per heavy atom. The monoisotopic (exact) mass is 282 g/mol. The molecule has 0 amide bonds. The summed E-state index contributed by atoms with van der Waals surface area (Å²) < 4.78 is 1.06. The summed E-state index contributed by atoms with van der Waals surface area (Å²) in [7, 11) is 2.06. The molecule has 0 aromatic carbocycles. The van der Waals surface area contributed by atoms with E-state index in [2.05, 4.69) is 53.2 Å². The lowest BCUT2D eigenvalue weighted by molar-refractivity contribution is 0.425. The van der Waals surface area contributed by atoms with E-state index in [9.17, 15) is 0 Å². The number of likely N-dealkylation sites (N-methyl/N-ethyl adjacent to an activating group) is 1. The highest BCUT2D eigenvalue weighted by Crippen LogP contribution is 2.53. The molecule has 1 saturated carbocycles. The van der Waals surface area contributed by atoms with Crippen LogP contribution in [0.2, 0.25) is 0 Å². The summed E-state index contributed by atoms with van der Waals surface area (Å²) in [6.07, 6.45) is 6.19. The van der Waals surface area contributed by atoms with Crippen molar-refractivity contribution in [2.45, 2.75) is 32.7 Å². The minimum Gasteiger partial charge on any atom is -0.316 e. The topological polar surface area (TPSA) is 24.9 Å². The number of hydrogen-bond acceptors (Lipinski definition) is 2.